The molecule has 0 spiro atoms. The Morgan fingerprint density at radius 1 is 1.30 bits per heavy atom. The Hall–Kier alpha value is -1.85. The molecule has 0 saturated carbocycles. The lowest BCUT2D eigenvalue weighted by molar-refractivity contribution is -0.120. The van der Waals surface area contributed by atoms with Crippen LogP contribution in [0.5, 0.6) is 0 Å². The third-order valence-electron chi connectivity index (χ3n) is 4.72. The number of carbonyl (C=O) groups excluding carboxylic acids is 1. The Balaban J connectivity index is 1.72. The molecule has 2 N–H and O–H groups in total. The Bertz CT molecular complexity index is 695. The SMILES string of the molecule is CC(=O)N[C@H]1CCN(Cc2cn(C)c3ccccc23)CC[C@@H]1O. The zero-order valence-corrected chi connectivity index (χ0v) is 13.8. The quantitative estimate of drug-likeness (QED) is 0.905. The van der Waals surface area contributed by atoms with Crippen molar-refractivity contribution in [2.45, 2.75) is 38.5 Å². The second-order valence-electron chi connectivity index (χ2n) is 6.51. The number of benzene rings is 1. The van der Waals surface area contributed by atoms with E-state index < -0.39 is 6.10 Å². The number of aromatic nitrogens is 1. The summed E-state index contributed by atoms with van der Waals surface area (Å²) in [5.41, 5.74) is 2.56. The molecule has 1 fully saturated rings. The molecule has 1 aromatic heterocycles. The molecule has 0 radical (unpaired) electrons. The molecule has 124 valence electrons. The van der Waals surface area contributed by atoms with Gasteiger partial charge in [-0.15, -0.1) is 0 Å². The van der Waals surface area contributed by atoms with Crippen LogP contribution in [-0.2, 0) is 18.4 Å². The van der Waals surface area contributed by atoms with E-state index in [2.05, 4.69) is 52.3 Å². The van der Waals surface area contributed by atoms with E-state index in [4.69, 9.17) is 0 Å². The van der Waals surface area contributed by atoms with Crippen molar-refractivity contribution in [3.63, 3.8) is 0 Å². The number of hydrogen-bond acceptors (Lipinski definition) is 3. The van der Waals surface area contributed by atoms with Crippen molar-refractivity contribution in [3.8, 4) is 0 Å². The van der Waals surface area contributed by atoms with Gasteiger partial charge in [0.1, 0.15) is 0 Å². The Kier molecular flexibility index (Phi) is 4.68. The first-order chi connectivity index (χ1) is 11.0. The number of aryl methyl sites for hydroxylation is 1. The van der Waals surface area contributed by atoms with Crippen LogP contribution in [0.3, 0.4) is 0 Å². The van der Waals surface area contributed by atoms with Gasteiger partial charge < -0.3 is 15.0 Å². The van der Waals surface area contributed by atoms with Crippen molar-refractivity contribution in [1.82, 2.24) is 14.8 Å². The van der Waals surface area contributed by atoms with E-state index in [0.29, 0.717) is 6.42 Å². The number of fused-ring (bicyclic) bond motifs is 1. The zero-order chi connectivity index (χ0) is 16.4. The van der Waals surface area contributed by atoms with Crippen LogP contribution in [0.15, 0.2) is 30.5 Å². The molecule has 1 aliphatic rings. The van der Waals surface area contributed by atoms with Crippen LogP contribution in [0.2, 0.25) is 0 Å². The summed E-state index contributed by atoms with van der Waals surface area (Å²) in [6.07, 6.45) is 3.20. The largest absolute Gasteiger partial charge is 0.391 e. The number of carbonyl (C=O) groups is 1. The Morgan fingerprint density at radius 3 is 2.83 bits per heavy atom. The van der Waals surface area contributed by atoms with Crippen LogP contribution in [-0.4, -0.2) is 45.7 Å². The maximum Gasteiger partial charge on any atom is 0.217 e. The van der Waals surface area contributed by atoms with E-state index >= 15 is 0 Å². The van der Waals surface area contributed by atoms with Gasteiger partial charge in [0.2, 0.25) is 5.91 Å². The molecule has 1 aliphatic heterocycles. The summed E-state index contributed by atoms with van der Waals surface area (Å²) in [6, 6.07) is 8.30. The molecule has 1 amide bonds. The summed E-state index contributed by atoms with van der Waals surface area (Å²) < 4.78 is 2.16. The van der Waals surface area contributed by atoms with Crippen molar-refractivity contribution in [3.05, 3.63) is 36.0 Å². The average Bonchev–Trinajstić information content (AvgIpc) is 2.74. The molecule has 0 bridgehead atoms. The number of hydrogen-bond donors (Lipinski definition) is 2. The van der Waals surface area contributed by atoms with Gasteiger partial charge in [0.15, 0.2) is 0 Å². The summed E-state index contributed by atoms with van der Waals surface area (Å²) in [7, 11) is 2.07. The van der Waals surface area contributed by atoms with Crippen LogP contribution >= 0.6 is 0 Å². The van der Waals surface area contributed by atoms with E-state index in [1.165, 1.54) is 23.4 Å². The second kappa shape index (κ2) is 6.72. The van der Waals surface area contributed by atoms with Gasteiger partial charge in [-0.25, -0.2) is 0 Å². The first-order valence-corrected chi connectivity index (χ1v) is 8.25. The lowest BCUT2D eigenvalue weighted by Gasteiger charge is -2.20. The molecule has 5 nitrogen and oxygen atoms in total. The van der Waals surface area contributed by atoms with Crippen molar-refractivity contribution >= 4 is 16.8 Å². The molecule has 5 heteroatoms. The van der Waals surface area contributed by atoms with Gasteiger partial charge in [-0.05, 0) is 24.5 Å². The number of para-hydroxylation sites is 1. The molecule has 1 saturated heterocycles. The van der Waals surface area contributed by atoms with Gasteiger partial charge in [0.05, 0.1) is 12.1 Å². The summed E-state index contributed by atoms with van der Waals surface area (Å²) in [6.45, 7) is 4.11. The third kappa shape index (κ3) is 3.57. The summed E-state index contributed by atoms with van der Waals surface area (Å²) >= 11 is 0. The number of nitrogens with one attached hydrogen (secondary N) is 1. The summed E-state index contributed by atoms with van der Waals surface area (Å²) in [5.74, 6) is -0.0726. The minimum atomic E-state index is -0.462. The highest BCUT2D eigenvalue weighted by Crippen LogP contribution is 2.23. The van der Waals surface area contributed by atoms with Crippen LogP contribution < -0.4 is 5.32 Å². The maximum atomic E-state index is 11.3. The van der Waals surface area contributed by atoms with Crippen molar-refractivity contribution in [2.75, 3.05) is 13.1 Å². The van der Waals surface area contributed by atoms with E-state index in [1.54, 1.807) is 0 Å². The normalized spacial score (nSPS) is 22.9. The molecule has 0 unspecified atom stereocenters. The third-order valence-corrected chi connectivity index (χ3v) is 4.72. The molecule has 0 aliphatic carbocycles. The minimum absolute atomic E-state index is 0.0726. The van der Waals surface area contributed by atoms with Crippen molar-refractivity contribution < 1.29 is 9.90 Å². The number of rotatable bonds is 3. The highest BCUT2D eigenvalue weighted by Gasteiger charge is 2.25. The number of amides is 1. The monoisotopic (exact) mass is 315 g/mol. The molecular weight excluding hydrogens is 290 g/mol. The van der Waals surface area contributed by atoms with E-state index in [-0.39, 0.29) is 11.9 Å². The fourth-order valence-electron chi connectivity index (χ4n) is 3.52. The van der Waals surface area contributed by atoms with Gasteiger partial charge in [0.25, 0.3) is 0 Å². The van der Waals surface area contributed by atoms with Crippen LogP contribution in [0.1, 0.15) is 25.3 Å². The molecule has 2 atom stereocenters. The maximum absolute atomic E-state index is 11.3. The van der Waals surface area contributed by atoms with E-state index in [0.717, 1.165) is 26.1 Å². The second-order valence-corrected chi connectivity index (χ2v) is 6.51. The highest BCUT2D eigenvalue weighted by molar-refractivity contribution is 5.83. The molecule has 3 rings (SSSR count). The predicted octanol–water partition coefficient (Wildman–Crippen LogP) is 1.64. The van der Waals surface area contributed by atoms with Gasteiger partial charge in [-0.2, -0.15) is 0 Å². The first-order valence-electron chi connectivity index (χ1n) is 8.25. The van der Waals surface area contributed by atoms with Crippen LogP contribution in [0.4, 0.5) is 0 Å². The summed E-state index contributed by atoms with van der Waals surface area (Å²) in [4.78, 5) is 13.6. The molecule has 23 heavy (non-hydrogen) atoms. The Morgan fingerprint density at radius 2 is 2.04 bits per heavy atom. The number of nitrogens with zero attached hydrogens (tertiary/aromatic N) is 2. The lowest BCUT2D eigenvalue weighted by Crippen LogP contribution is -2.42. The van der Waals surface area contributed by atoms with Crippen molar-refractivity contribution in [2.24, 2.45) is 7.05 Å². The van der Waals surface area contributed by atoms with E-state index in [9.17, 15) is 9.90 Å². The number of aliphatic hydroxyl groups is 1. The van der Waals surface area contributed by atoms with Crippen molar-refractivity contribution in [1.29, 1.82) is 0 Å². The van der Waals surface area contributed by atoms with Gasteiger partial charge in [-0.3, -0.25) is 9.69 Å². The fourth-order valence-corrected chi connectivity index (χ4v) is 3.52. The molecular formula is C18H25N3O2. The topological polar surface area (TPSA) is 57.5 Å². The van der Waals surface area contributed by atoms with Crippen LogP contribution in [0, 0.1) is 0 Å². The van der Waals surface area contributed by atoms with Gasteiger partial charge >= 0.3 is 0 Å². The standard InChI is InChI=1S/C18H25N3O2/c1-13(22)19-16-7-9-21(10-8-18(16)23)12-14-11-20(2)17-6-4-3-5-15(14)17/h3-6,11,16,18,23H,7-10,12H2,1-2H3,(H,19,22)/t16-,18-/m0/s1. The smallest absolute Gasteiger partial charge is 0.217 e. The molecule has 2 heterocycles. The molecule has 2 aromatic rings. The molecule has 1 aromatic carbocycles. The lowest BCUT2D eigenvalue weighted by atomic mass is 10.1. The minimum Gasteiger partial charge on any atom is -0.391 e. The zero-order valence-electron chi connectivity index (χ0n) is 13.8. The fraction of sp³-hybridized carbons (Fsp3) is 0.500. The number of likely N-dealkylation sites (tertiary alicyclic amines) is 1. The number of aliphatic hydroxyl groups excluding tert-OH is 1. The first kappa shape index (κ1) is 16.0. The van der Waals surface area contributed by atoms with Gasteiger partial charge in [-0.1, -0.05) is 18.2 Å². The predicted molar refractivity (Wildman–Crippen MR) is 91.0 cm³/mol. The summed E-state index contributed by atoms with van der Waals surface area (Å²) in [5, 5.41) is 14.4. The highest BCUT2D eigenvalue weighted by atomic mass is 16.3. The Labute approximate surface area is 136 Å². The van der Waals surface area contributed by atoms with Crippen LogP contribution in [0.25, 0.3) is 10.9 Å². The van der Waals surface area contributed by atoms with E-state index in [1.807, 2.05) is 0 Å². The van der Waals surface area contributed by atoms with Gasteiger partial charge in [0, 0.05) is 50.7 Å². The average molecular weight is 315 g/mol.